The van der Waals surface area contributed by atoms with Gasteiger partial charge in [0, 0.05) is 7.11 Å². The summed E-state index contributed by atoms with van der Waals surface area (Å²) in [5.41, 5.74) is 0.837. The standard InChI is InChI=1S/C11H12O3S3/c1-13-6-14-5-7-9(12)10-8(3-4-16-10)17-11(7)15-2/h3-4H,5-6H2,1-2H3. The molecule has 92 valence electrons. The maximum absolute atomic E-state index is 12.2. The minimum absolute atomic E-state index is 0.0919. The van der Waals surface area contributed by atoms with Crippen LogP contribution in [0.2, 0.25) is 0 Å². The summed E-state index contributed by atoms with van der Waals surface area (Å²) in [6.07, 6.45) is 1.98. The molecule has 0 N–H and O–H groups in total. The first-order valence-corrected chi connectivity index (χ1v) is 7.84. The molecule has 0 fully saturated rings. The average Bonchev–Trinajstić information content (AvgIpc) is 2.80. The van der Waals surface area contributed by atoms with E-state index < -0.39 is 0 Å². The first-order chi connectivity index (χ1) is 8.27. The fourth-order valence-corrected chi connectivity index (χ4v) is 4.36. The predicted molar refractivity (Wildman–Crippen MR) is 74.4 cm³/mol. The molecule has 0 amide bonds. The Morgan fingerprint density at radius 2 is 2.29 bits per heavy atom. The maximum atomic E-state index is 12.2. The number of thioether (sulfide) groups is 1. The molecule has 0 unspecified atom stereocenters. The van der Waals surface area contributed by atoms with Gasteiger partial charge in [-0.2, -0.15) is 0 Å². The molecule has 0 atom stereocenters. The van der Waals surface area contributed by atoms with Crippen LogP contribution in [-0.4, -0.2) is 20.2 Å². The molecule has 0 aliphatic carbocycles. The number of rotatable bonds is 5. The summed E-state index contributed by atoms with van der Waals surface area (Å²) >= 11 is 4.72. The summed E-state index contributed by atoms with van der Waals surface area (Å²) in [6.45, 7) is 0.521. The van der Waals surface area contributed by atoms with Crippen molar-refractivity contribution in [2.45, 2.75) is 10.8 Å². The Morgan fingerprint density at radius 3 is 3.00 bits per heavy atom. The van der Waals surface area contributed by atoms with E-state index in [1.54, 1.807) is 30.2 Å². The van der Waals surface area contributed by atoms with Crippen molar-refractivity contribution in [2.24, 2.45) is 0 Å². The van der Waals surface area contributed by atoms with E-state index in [4.69, 9.17) is 9.47 Å². The van der Waals surface area contributed by atoms with Crippen molar-refractivity contribution in [1.82, 2.24) is 0 Å². The molecule has 0 aromatic carbocycles. The van der Waals surface area contributed by atoms with Crippen LogP contribution in [0, 0.1) is 0 Å². The van der Waals surface area contributed by atoms with Crippen molar-refractivity contribution >= 4 is 43.8 Å². The molecule has 0 aliphatic rings. The van der Waals surface area contributed by atoms with Crippen LogP contribution in [0.15, 0.2) is 20.5 Å². The van der Waals surface area contributed by atoms with Gasteiger partial charge in [0.25, 0.3) is 0 Å². The molecule has 6 heteroatoms. The van der Waals surface area contributed by atoms with Gasteiger partial charge < -0.3 is 9.47 Å². The van der Waals surface area contributed by atoms with Crippen molar-refractivity contribution in [3.8, 4) is 0 Å². The largest absolute Gasteiger partial charge is 0.359 e. The zero-order valence-electron chi connectivity index (χ0n) is 9.52. The summed E-state index contributed by atoms with van der Waals surface area (Å²) in [7, 11) is 1.57. The summed E-state index contributed by atoms with van der Waals surface area (Å²) in [4.78, 5) is 12.2. The molecule has 0 aliphatic heterocycles. The van der Waals surface area contributed by atoms with Gasteiger partial charge in [-0.05, 0) is 17.7 Å². The fourth-order valence-electron chi connectivity index (χ4n) is 1.45. The maximum Gasteiger partial charge on any atom is 0.204 e. The molecule has 3 nitrogen and oxygen atoms in total. The van der Waals surface area contributed by atoms with E-state index in [1.807, 2.05) is 17.7 Å². The van der Waals surface area contributed by atoms with E-state index in [0.717, 1.165) is 19.2 Å². The second-order valence-corrected chi connectivity index (χ2v) is 6.31. The Kier molecular flexibility index (Phi) is 4.58. The molecule has 2 aromatic rings. The highest BCUT2D eigenvalue weighted by atomic mass is 32.2. The van der Waals surface area contributed by atoms with E-state index in [2.05, 4.69) is 0 Å². The first-order valence-electron chi connectivity index (χ1n) is 4.91. The van der Waals surface area contributed by atoms with E-state index in [0.29, 0.717) is 6.61 Å². The van der Waals surface area contributed by atoms with Crippen molar-refractivity contribution in [2.75, 3.05) is 20.2 Å². The van der Waals surface area contributed by atoms with Crippen LogP contribution in [0.3, 0.4) is 0 Å². The van der Waals surface area contributed by atoms with Crippen molar-refractivity contribution in [3.05, 3.63) is 27.2 Å². The highest BCUT2D eigenvalue weighted by molar-refractivity contribution is 8.00. The minimum atomic E-state index is 0.0919. The summed E-state index contributed by atoms with van der Waals surface area (Å²) < 4.78 is 13.0. The third-order valence-corrected chi connectivity index (χ3v) is 5.59. The van der Waals surface area contributed by atoms with E-state index >= 15 is 0 Å². The zero-order valence-corrected chi connectivity index (χ0v) is 12.0. The second kappa shape index (κ2) is 5.97. The lowest BCUT2D eigenvalue weighted by atomic mass is 10.3. The van der Waals surface area contributed by atoms with Crippen LogP contribution >= 0.6 is 34.4 Å². The van der Waals surface area contributed by atoms with E-state index in [1.165, 1.54) is 11.3 Å². The number of thiophene rings is 1. The number of fused-ring (bicyclic) bond motifs is 1. The highest BCUT2D eigenvalue weighted by Gasteiger charge is 2.13. The van der Waals surface area contributed by atoms with Gasteiger partial charge in [0.15, 0.2) is 0 Å². The Balaban J connectivity index is 2.43. The van der Waals surface area contributed by atoms with Gasteiger partial charge in [0.05, 0.1) is 25.8 Å². The summed E-state index contributed by atoms with van der Waals surface area (Å²) in [5.74, 6) is 0. The van der Waals surface area contributed by atoms with Gasteiger partial charge in [-0.1, -0.05) is 0 Å². The van der Waals surface area contributed by atoms with Gasteiger partial charge in [0.2, 0.25) is 5.43 Å². The number of hydrogen-bond acceptors (Lipinski definition) is 6. The van der Waals surface area contributed by atoms with Crippen LogP contribution in [0.1, 0.15) is 5.56 Å². The Bertz CT molecular complexity index is 559. The highest BCUT2D eigenvalue weighted by Crippen LogP contribution is 2.31. The molecule has 2 rings (SSSR count). The van der Waals surface area contributed by atoms with E-state index in [-0.39, 0.29) is 12.2 Å². The number of ether oxygens (including phenoxy) is 2. The lowest BCUT2D eigenvalue weighted by Gasteiger charge is -2.06. The lowest BCUT2D eigenvalue weighted by Crippen LogP contribution is -2.11. The molecule has 0 saturated heterocycles. The Morgan fingerprint density at radius 1 is 1.47 bits per heavy atom. The van der Waals surface area contributed by atoms with Gasteiger partial charge in [-0.25, -0.2) is 0 Å². The third kappa shape index (κ3) is 2.71. The fraction of sp³-hybridized carbons (Fsp3) is 0.364. The van der Waals surface area contributed by atoms with Gasteiger partial charge in [-0.15, -0.1) is 34.4 Å². The molecule has 0 spiro atoms. The van der Waals surface area contributed by atoms with Crippen LogP contribution < -0.4 is 5.43 Å². The molecule has 0 bridgehead atoms. The summed E-state index contributed by atoms with van der Waals surface area (Å²) in [6, 6.07) is 1.99. The van der Waals surface area contributed by atoms with E-state index in [9.17, 15) is 4.79 Å². The van der Waals surface area contributed by atoms with Crippen molar-refractivity contribution < 1.29 is 9.47 Å². The molecule has 0 radical (unpaired) electrons. The first kappa shape index (κ1) is 13.0. The van der Waals surface area contributed by atoms with Gasteiger partial charge >= 0.3 is 0 Å². The van der Waals surface area contributed by atoms with Crippen LogP contribution in [0.25, 0.3) is 9.40 Å². The van der Waals surface area contributed by atoms with Gasteiger partial charge in [0.1, 0.15) is 6.79 Å². The number of methoxy groups -OCH3 is 1. The Hall–Kier alpha value is -0.400. The van der Waals surface area contributed by atoms with Crippen molar-refractivity contribution in [3.63, 3.8) is 0 Å². The smallest absolute Gasteiger partial charge is 0.204 e. The monoisotopic (exact) mass is 288 g/mol. The average molecular weight is 288 g/mol. The lowest BCUT2D eigenvalue weighted by molar-refractivity contribution is -0.0397. The summed E-state index contributed by atoms with van der Waals surface area (Å²) in [5, 5.41) is 1.95. The quantitative estimate of drug-likeness (QED) is 0.481. The molecule has 2 aromatic heterocycles. The third-order valence-electron chi connectivity index (χ3n) is 2.19. The van der Waals surface area contributed by atoms with Crippen molar-refractivity contribution in [1.29, 1.82) is 0 Å². The predicted octanol–water partition coefficient (Wildman–Crippen LogP) is 3.17. The zero-order chi connectivity index (χ0) is 12.3. The topological polar surface area (TPSA) is 35.5 Å². The molecule has 0 saturated carbocycles. The molecular formula is C11H12O3S3. The van der Waals surface area contributed by atoms with Crippen LogP contribution in [-0.2, 0) is 16.1 Å². The van der Waals surface area contributed by atoms with Crippen LogP contribution in [0.5, 0.6) is 0 Å². The molecular weight excluding hydrogens is 276 g/mol. The normalized spacial score (nSPS) is 11.2. The number of hydrogen-bond donors (Lipinski definition) is 0. The Labute approximate surface area is 111 Å². The van der Waals surface area contributed by atoms with Crippen LogP contribution in [0.4, 0.5) is 0 Å². The minimum Gasteiger partial charge on any atom is -0.359 e. The molecule has 17 heavy (non-hydrogen) atoms. The SMILES string of the molecule is COCOCc1c(SC)sc2ccsc2c1=O. The van der Waals surface area contributed by atoms with Gasteiger partial charge in [-0.3, -0.25) is 4.79 Å². The molecule has 2 heterocycles. The second-order valence-electron chi connectivity index (χ2n) is 3.27.